The van der Waals surface area contributed by atoms with Crippen molar-refractivity contribution in [3.63, 3.8) is 0 Å². The fourth-order valence-corrected chi connectivity index (χ4v) is 3.64. The van der Waals surface area contributed by atoms with Crippen LogP contribution in [-0.4, -0.2) is 28.0 Å². The number of carbonyl (C=O) groups is 1. The van der Waals surface area contributed by atoms with Gasteiger partial charge in [-0.3, -0.25) is 4.79 Å². The Morgan fingerprint density at radius 2 is 1.88 bits per heavy atom. The number of imidazole rings is 1. The summed E-state index contributed by atoms with van der Waals surface area (Å²) in [6.45, 7) is 0. The molecule has 6 heteroatoms. The van der Waals surface area contributed by atoms with E-state index < -0.39 is 0 Å². The van der Waals surface area contributed by atoms with Gasteiger partial charge in [-0.25, -0.2) is 4.98 Å². The Bertz CT molecular complexity index is 1020. The first-order valence-corrected chi connectivity index (χ1v) is 8.62. The molecule has 0 unspecified atom stereocenters. The number of carbonyl (C=O) groups excluding carboxylic acids is 1. The van der Waals surface area contributed by atoms with Crippen molar-refractivity contribution in [2.75, 3.05) is 7.11 Å². The van der Waals surface area contributed by atoms with Crippen LogP contribution in [-0.2, 0) is 6.42 Å². The lowest BCUT2D eigenvalue weighted by Crippen LogP contribution is -1.96. The summed E-state index contributed by atoms with van der Waals surface area (Å²) >= 11 is 1.50. The van der Waals surface area contributed by atoms with E-state index in [2.05, 4.69) is 10.1 Å². The van der Waals surface area contributed by atoms with Crippen LogP contribution in [0.2, 0.25) is 0 Å². The van der Waals surface area contributed by atoms with E-state index in [1.54, 1.807) is 11.6 Å². The molecule has 2 aromatic carbocycles. The van der Waals surface area contributed by atoms with E-state index in [1.807, 2.05) is 54.6 Å². The topological polar surface area (TPSA) is 56.5 Å². The number of hydrogen-bond acceptors (Lipinski definition) is 5. The zero-order valence-corrected chi connectivity index (χ0v) is 14.4. The van der Waals surface area contributed by atoms with Gasteiger partial charge >= 0.3 is 0 Å². The highest BCUT2D eigenvalue weighted by molar-refractivity contribution is 7.16. The van der Waals surface area contributed by atoms with E-state index in [9.17, 15) is 4.79 Å². The molecule has 0 amide bonds. The summed E-state index contributed by atoms with van der Waals surface area (Å²) in [5, 5.41) is 5.49. The van der Waals surface area contributed by atoms with Gasteiger partial charge in [-0.05, 0) is 17.7 Å². The van der Waals surface area contributed by atoms with Gasteiger partial charge in [0.2, 0.25) is 4.96 Å². The summed E-state index contributed by atoms with van der Waals surface area (Å²) in [7, 11) is 1.65. The third-order valence-electron chi connectivity index (χ3n) is 3.95. The minimum absolute atomic E-state index is 0.485. The Morgan fingerprint density at radius 1 is 1.12 bits per heavy atom. The molecule has 124 valence electrons. The summed E-state index contributed by atoms with van der Waals surface area (Å²) in [6.07, 6.45) is 1.51. The minimum Gasteiger partial charge on any atom is -0.497 e. The predicted molar refractivity (Wildman–Crippen MR) is 97.5 cm³/mol. The fourth-order valence-electron chi connectivity index (χ4n) is 2.71. The molecule has 2 aromatic heterocycles. The van der Waals surface area contributed by atoms with Crippen LogP contribution in [0, 0.1) is 0 Å². The first kappa shape index (κ1) is 15.5. The number of aromatic nitrogens is 3. The lowest BCUT2D eigenvalue weighted by atomic mass is 10.1. The maximum Gasteiger partial charge on any atom is 0.213 e. The van der Waals surface area contributed by atoms with Crippen LogP contribution in [0.1, 0.15) is 21.1 Å². The average Bonchev–Trinajstić information content (AvgIpc) is 3.20. The molecular formula is C19H15N3O2S. The second-order valence-electron chi connectivity index (χ2n) is 5.54. The van der Waals surface area contributed by atoms with Gasteiger partial charge in [0, 0.05) is 12.0 Å². The fraction of sp³-hybridized carbons (Fsp3) is 0.105. The monoisotopic (exact) mass is 349 g/mol. The van der Waals surface area contributed by atoms with Gasteiger partial charge < -0.3 is 4.74 Å². The minimum atomic E-state index is 0.485. The van der Waals surface area contributed by atoms with Gasteiger partial charge in [-0.15, -0.1) is 0 Å². The van der Waals surface area contributed by atoms with E-state index in [0.717, 1.165) is 33.1 Å². The standard InChI is InChI=1S/C19H15N3O2S/c1-24-15-9-7-13(8-10-15)11-17-21-22-16(12-23)18(20-19(22)25-17)14-5-3-2-4-6-14/h2-10,12H,11H2,1H3. The van der Waals surface area contributed by atoms with Gasteiger partial charge in [-0.2, -0.15) is 9.61 Å². The van der Waals surface area contributed by atoms with Gasteiger partial charge in [-0.1, -0.05) is 53.8 Å². The molecule has 0 aliphatic carbocycles. The molecule has 25 heavy (non-hydrogen) atoms. The Labute approximate surface area is 148 Å². The van der Waals surface area contributed by atoms with Gasteiger partial charge in [0.05, 0.1) is 7.11 Å². The van der Waals surface area contributed by atoms with E-state index in [1.165, 1.54) is 11.3 Å². The van der Waals surface area contributed by atoms with Crippen molar-refractivity contribution in [1.29, 1.82) is 0 Å². The third-order valence-corrected chi connectivity index (χ3v) is 4.86. The molecule has 4 aromatic rings. The van der Waals surface area contributed by atoms with Gasteiger partial charge in [0.25, 0.3) is 0 Å². The molecule has 0 spiro atoms. The number of aldehydes is 1. The van der Waals surface area contributed by atoms with E-state index in [4.69, 9.17) is 4.74 Å². The Morgan fingerprint density at radius 3 is 2.56 bits per heavy atom. The summed E-state index contributed by atoms with van der Waals surface area (Å²) in [5.41, 5.74) is 3.21. The molecule has 0 aliphatic heterocycles. The number of rotatable bonds is 5. The van der Waals surface area contributed by atoms with Crippen molar-refractivity contribution in [3.8, 4) is 17.0 Å². The average molecular weight is 349 g/mol. The first-order valence-electron chi connectivity index (χ1n) is 7.80. The number of ether oxygens (including phenoxy) is 1. The molecule has 0 fully saturated rings. The van der Waals surface area contributed by atoms with Crippen molar-refractivity contribution < 1.29 is 9.53 Å². The van der Waals surface area contributed by atoms with Crippen LogP contribution in [0.25, 0.3) is 16.2 Å². The van der Waals surface area contributed by atoms with E-state index in [-0.39, 0.29) is 0 Å². The molecular weight excluding hydrogens is 334 g/mol. The van der Waals surface area contributed by atoms with Crippen molar-refractivity contribution in [2.24, 2.45) is 0 Å². The Kier molecular flexibility index (Phi) is 4.03. The molecule has 5 nitrogen and oxygen atoms in total. The molecule has 0 saturated heterocycles. The van der Waals surface area contributed by atoms with Crippen LogP contribution in [0.3, 0.4) is 0 Å². The number of methoxy groups -OCH3 is 1. The summed E-state index contributed by atoms with van der Waals surface area (Å²) < 4.78 is 6.81. The second-order valence-corrected chi connectivity index (χ2v) is 6.59. The lowest BCUT2D eigenvalue weighted by molar-refractivity contribution is 0.111. The van der Waals surface area contributed by atoms with Crippen molar-refractivity contribution >= 4 is 22.6 Å². The highest BCUT2D eigenvalue weighted by Gasteiger charge is 2.17. The summed E-state index contributed by atoms with van der Waals surface area (Å²) in [6, 6.07) is 17.6. The van der Waals surface area contributed by atoms with E-state index >= 15 is 0 Å². The van der Waals surface area contributed by atoms with Gasteiger partial charge in [0.15, 0.2) is 6.29 Å². The molecule has 0 atom stereocenters. The molecule has 4 rings (SSSR count). The zero-order valence-electron chi connectivity index (χ0n) is 13.5. The van der Waals surface area contributed by atoms with Crippen LogP contribution < -0.4 is 4.74 Å². The number of benzene rings is 2. The maximum absolute atomic E-state index is 11.6. The molecule has 0 bridgehead atoms. The number of fused-ring (bicyclic) bond motifs is 1. The van der Waals surface area contributed by atoms with Crippen LogP contribution in [0.5, 0.6) is 5.75 Å². The van der Waals surface area contributed by atoms with Crippen molar-refractivity contribution in [2.45, 2.75) is 6.42 Å². The molecule has 0 radical (unpaired) electrons. The normalized spacial score (nSPS) is 10.9. The highest BCUT2D eigenvalue weighted by atomic mass is 32.1. The SMILES string of the molecule is COc1ccc(Cc2nn3c(C=O)c(-c4ccccc4)nc3s2)cc1. The zero-order chi connectivity index (χ0) is 17.2. The number of nitrogens with zero attached hydrogens (tertiary/aromatic N) is 3. The highest BCUT2D eigenvalue weighted by Crippen LogP contribution is 2.27. The molecule has 2 heterocycles. The van der Waals surface area contributed by atoms with Crippen molar-refractivity contribution in [1.82, 2.24) is 14.6 Å². The smallest absolute Gasteiger partial charge is 0.213 e. The molecule has 0 aliphatic rings. The van der Waals surface area contributed by atoms with Crippen LogP contribution in [0.15, 0.2) is 54.6 Å². The molecule has 0 N–H and O–H groups in total. The Hall–Kier alpha value is -2.99. The maximum atomic E-state index is 11.6. The van der Waals surface area contributed by atoms with Crippen LogP contribution >= 0.6 is 11.3 Å². The first-order chi connectivity index (χ1) is 12.3. The molecule has 0 saturated carbocycles. The van der Waals surface area contributed by atoms with E-state index in [0.29, 0.717) is 17.8 Å². The summed E-state index contributed by atoms with van der Waals surface area (Å²) in [4.78, 5) is 16.9. The second kappa shape index (κ2) is 6.49. The lowest BCUT2D eigenvalue weighted by Gasteiger charge is -2.01. The van der Waals surface area contributed by atoms with Crippen LogP contribution in [0.4, 0.5) is 0 Å². The van der Waals surface area contributed by atoms with Gasteiger partial charge in [0.1, 0.15) is 22.1 Å². The largest absolute Gasteiger partial charge is 0.497 e. The Balaban J connectivity index is 1.69. The quantitative estimate of drug-likeness (QED) is 0.513. The third kappa shape index (κ3) is 2.92. The summed E-state index contributed by atoms with van der Waals surface area (Å²) in [5.74, 6) is 0.827. The predicted octanol–water partition coefficient (Wildman–Crippen LogP) is 3.87. The number of hydrogen-bond donors (Lipinski definition) is 0. The van der Waals surface area contributed by atoms with Crippen molar-refractivity contribution in [3.05, 3.63) is 70.9 Å².